The van der Waals surface area contributed by atoms with E-state index in [2.05, 4.69) is 25.3 Å². The van der Waals surface area contributed by atoms with E-state index < -0.39 is 18.1 Å². The van der Waals surface area contributed by atoms with Crippen LogP contribution in [0.4, 0.5) is 24.8 Å². The molecule has 4 N–H and O–H groups in total. The molecule has 4 aromatic rings. The van der Waals surface area contributed by atoms with E-state index in [0.29, 0.717) is 11.1 Å². The quantitative estimate of drug-likeness (QED) is 0.377. The van der Waals surface area contributed by atoms with Crippen LogP contribution in [0.15, 0.2) is 67.1 Å². The third kappa shape index (κ3) is 6.70. The number of nitrogens with zero attached hydrogens (tertiary/aromatic N) is 4. The number of benzene rings is 2. The third-order valence-electron chi connectivity index (χ3n) is 6.19. The standard InChI is InChI=1S/C24H23N7O2.C2HF3O2/c25-22(32)20-4-1-3-17-15-31(29-21(17)20)19-7-5-18(6-8-19)28-23(33)16-9-13-30(14-10-16)24-26-11-2-12-27-24;3-2(4,5)1(6)7/h1-8,11-12,15-16H,9-10,13-14H2,(H2,25,32)(H,28,33);(H,6,7). The summed E-state index contributed by atoms with van der Waals surface area (Å²) < 4.78 is 33.3. The fourth-order valence-electron chi connectivity index (χ4n) is 4.16. The van der Waals surface area contributed by atoms with Gasteiger partial charge in [-0.2, -0.15) is 18.3 Å². The molecule has 40 heavy (non-hydrogen) atoms. The average molecular weight is 556 g/mol. The Hall–Kier alpha value is -5.01. The molecule has 5 rings (SSSR count). The number of hydrogen-bond acceptors (Lipinski definition) is 7. The van der Waals surface area contributed by atoms with Crippen molar-refractivity contribution in [1.29, 1.82) is 0 Å². The van der Waals surface area contributed by atoms with Gasteiger partial charge in [-0.1, -0.05) is 17.1 Å². The van der Waals surface area contributed by atoms with Gasteiger partial charge in [0.15, 0.2) is 0 Å². The molecule has 2 aromatic heterocycles. The molecule has 0 bridgehead atoms. The number of nitrogens with one attached hydrogen (secondary N) is 2. The van der Waals surface area contributed by atoms with E-state index in [4.69, 9.17) is 15.6 Å². The van der Waals surface area contributed by atoms with Crippen LogP contribution < -0.4 is 26.0 Å². The lowest BCUT2D eigenvalue weighted by Crippen LogP contribution is -2.40. The van der Waals surface area contributed by atoms with Crippen molar-refractivity contribution in [2.24, 2.45) is 11.7 Å². The molecule has 0 atom stereocenters. The molecule has 14 heteroatoms. The summed E-state index contributed by atoms with van der Waals surface area (Å²) in [4.78, 5) is 42.9. The van der Waals surface area contributed by atoms with E-state index in [1.54, 1.807) is 23.0 Å². The minimum atomic E-state index is -5.19. The van der Waals surface area contributed by atoms with Crippen LogP contribution in [-0.2, 0) is 9.59 Å². The first-order chi connectivity index (χ1) is 19.0. The summed E-state index contributed by atoms with van der Waals surface area (Å²) in [5.74, 6) is -2.68. The number of aliphatic carboxylic acids is 1. The number of aromatic nitrogens is 4. The molecule has 1 fully saturated rings. The zero-order chi connectivity index (χ0) is 28.9. The van der Waals surface area contributed by atoms with Crippen LogP contribution in [-0.4, -0.2) is 51.8 Å². The minimum absolute atomic E-state index is 0.0309. The van der Waals surface area contributed by atoms with Crippen molar-refractivity contribution < 1.29 is 37.6 Å². The molecule has 0 saturated carbocycles. The van der Waals surface area contributed by atoms with E-state index in [0.717, 1.165) is 48.6 Å². The number of rotatable bonds is 5. The fraction of sp³-hybridized carbons (Fsp3) is 0.231. The van der Waals surface area contributed by atoms with Crippen LogP contribution in [0.2, 0.25) is 0 Å². The molecule has 11 nitrogen and oxygen atoms in total. The Bertz CT molecular complexity index is 1500. The van der Waals surface area contributed by atoms with Crippen LogP contribution in [0.25, 0.3) is 16.6 Å². The normalized spacial score (nSPS) is 13.8. The average Bonchev–Trinajstić information content (AvgIpc) is 3.38. The monoisotopic (exact) mass is 555 g/mol. The number of halogens is 3. The van der Waals surface area contributed by atoms with Gasteiger partial charge in [0.1, 0.15) is 17.7 Å². The van der Waals surface area contributed by atoms with Crippen molar-refractivity contribution in [1.82, 2.24) is 14.8 Å². The van der Waals surface area contributed by atoms with Crippen molar-refractivity contribution in [2.45, 2.75) is 19.0 Å². The number of carbonyl (C=O) groups is 3. The molecule has 208 valence electrons. The lowest BCUT2D eigenvalue weighted by molar-refractivity contribution is -0.368. The second kappa shape index (κ2) is 11.8. The molecule has 1 aliphatic heterocycles. The Morgan fingerprint density at radius 2 is 1.73 bits per heavy atom. The highest BCUT2D eigenvalue weighted by molar-refractivity contribution is 6.04. The predicted octanol–water partition coefficient (Wildman–Crippen LogP) is 1.49. The van der Waals surface area contributed by atoms with E-state index in [1.165, 1.54) is 0 Å². The highest BCUT2D eigenvalue weighted by Gasteiger charge is 2.30. The molecule has 0 spiro atoms. The van der Waals surface area contributed by atoms with Gasteiger partial charge < -0.3 is 21.0 Å². The number of alkyl halides is 3. The van der Waals surface area contributed by atoms with Crippen LogP contribution in [0, 0.1) is 5.92 Å². The fourth-order valence-corrected chi connectivity index (χ4v) is 4.16. The van der Waals surface area contributed by atoms with Crippen LogP contribution in [0.5, 0.6) is 0 Å². The number of piperidine rings is 1. The molecular formula is C26H24F3N7O4. The van der Waals surface area contributed by atoms with E-state index in [1.807, 2.05) is 48.8 Å². The maximum Gasteiger partial charge on any atom is 0.430 e. The number of carboxylic acids is 1. The molecule has 0 unspecified atom stereocenters. The molecule has 0 aliphatic carbocycles. The van der Waals surface area contributed by atoms with Crippen molar-refractivity contribution in [3.8, 4) is 5.69 Å². The van der Waals surface area contributed by atoms with Crippen molar-refractivity contribution in [2.75, 3.05) is 23.3 Å². The number of primary amides is 1. The first-order valence-corrected chi connectivity index (χ1v) is 12.1. The van der Waals surface area contributed by atoms with Gasteiger partial charge in [0.05, 0.1) is 30.5 Å². The summed E-state index contributed by atoms with van der Waals surface area (Å²) in [6.07, 6.45) is 1.82. The number of nitrogens with two attached hydrogens (primary N) is 1. The maximum atomic E-state index is 12.8. The Morgan fingerprint density at radius 1 is 1.05 bits per heavy atom. The molecule has 1 aliphatic rings. The zero-order valence-corrected chi connectivity index (χ0v) is 20.9. The number of carbonyl (C=O) groups excluding carboxylic acids is 3. The topological polar surface area (TPSA) is 160 Å². The highest BCUT2D eigenvalue weighted by Crippen LogP contribution is 2.23. The van der Waals surface area contributed by atoms with Gasteiger partial charge in [0.25, 0.3) is 5.91 Å². The first kappa shape index (κ1) is 28.0. The van der Waals surface area contributed by atoms with Crippen molar-refractivity contribution >= 4 is 40.3 Å². The van der Waals surface area contributed by atoms with Gasteiger partial charge >= 0.3 is 12.1 Å². The summed E-state index contributed by atoms with van der Waals surface area (Å²) in [6, 6.07) is 14.7. The molecule has 1 saturated heterocycles. The Balaban J connectivity index is 0.000000470. The molecule has 2 amide bonds. The molecule has 0 radical (unpaired) electrons. The van der Waals surface area contributed by atoms with Gasteiger partial charge in [-0.05, 0) is 43.2 Å². The summed E-state index contributed by atoms with van der Waals surface area (Å²) in [6.45, 7) is 1.56. The van der Waals surface area contributed by atoms with Crippen LogP contribution in [0.3, 0.4) is 0 Å². The highest BCUT2D eigenvalue weighted by atomic mass is 19.4. The smallest absolute Gasteiger partial charge is 0.430 e. The summed E-state index contributed by atoms with van der Waals surface area (Å²) in [5, 5.41) is 17.2. The SMILES string of the molecule is NC(=O)c1cccc2cn(-c3ccc(NC(=O)C4CCN(c5nccc[nH+]5)CC4)cc3)nc12.O=C([O-])C(F)(F)F. The minimum Gasteiger partial charge on any atom is -0.542 e. The van der Waals surface area contributed by atoms with Crippen molar-refractivity contribution in [3.63, 3.8) is 0 Å². The lowest BCUT2D eigenvalue weighted by Gasteiger charge is -2.26. The number of amides is 2. The lowest BCUT2D eigenvalue weighted by atomic mass is 9.96. The number of carboxylic acid groups (broad SMARTS) is 1. The van der Waals surface area contributed by atoms with Gasteiger partial charge in [0.2, 0.25) is 5.91 Å². The van der Waals surface area contributed by atoms with Crippen LogP contribution in [0.1, 0.15) is 23.2 Å². The number of anilines is 2. The van der Waals surface area contributed by atoms with Gasteiger partial charge in [-0.3, -0.25) is 14.5 Å². The van der Waals surface area contributed by atoms with Gasteiger partial charge in [-0.15, -0.1) is 0 Å². The second-order valence-electron chi connectivity index (χ2n) is 8.87. The van der Waals surface area contributed by atoms with Gasteiger partial charge in [-0.25, -0.2) is 9.67 Å². The Labute approximate surface area is 225 Å². The Kier molecular flexibility index (Phi) is 8.26. The largest absolute Gasteiger partial charge is 0.542 e. The number of fused-ring (bicyclic) bond motifs is 1. The van der Waals surface area contributed by atoms with E-state index in [9.17, 15) is 22.8 Å². The summed E-state index contributed by atoms with van der Waals surface area (Å²) in [7, 11) is 0. The second-order valence-corrected chi connectivity index (χ2v) is 8.87. The summed E-state index contributed by atoms with van der Waals surface area (Å²) in [5.41, 5.74) is 7.97. The molecule has 2 aromatic carbocycles. The number of H-pyrrole nitrogens is 1. The number of hydrogen-bond donors (Lipinski definition) is 2. The molecule has 3 heterocycles. The molecular weight excluding hydrogens is 531 g/mol. The van der Waals surface area contributed by atoms with E-state index >= 15 is 0 Å². The third-order valence-corrected chi connectivity index (χ3v) is 6.19. The summed E-state index contributed by atoms with van der Waals surface area (Å²) >= 11 is 0. The first-order valence-electron chi connectivity index (χ1n) is 12.1. The predicted molar refractivity (Wildman–Crippen MR) is 135 cm³/mol. The maximum absolute atomic E-state index is 12.8. The van der Waals surface area contributed by atoms with E-state index in [-0.39, 0.29) is 11.8 Å². The number of aromatic amines is 1. The van der Waals surface area contributed by atoms with Crippen molar-refractivity contribution in [3.05, 3.63) is 72.7 Å². The van der Waals surface area contributed by atoms with Gasteiger partial charge in [0, 0.05) is 29.3 Å². The zero-order valence-electron chi connectivity index (χ0n) is 20.9. The Morgan fingerprint density at radius 3 is 2.30 bits per heavy atom. The van der Waals surface area contributed by atoms with Crippen LogP contribution >= 0.6 is 0 Å².